The van der Waals surface area contributed by atoms with E-state index in [2.05, 4.69) is 9.97 Å². The van der Waals surface area contributed by atoms with Crippen LogP contribution in [-0.2, 0) is 0 Å². The summed E-state index contributed by atoms with van der Waals surface area (Å²) in [6.45, 7) is 0. The van der Waals surface area contributed by atoms with Crippen LogP contribution < -0.4 is 11.1 Å². The zero-order valence-electron chi connectivity index (χ0n) is 18.9. The van der Waals surface area contributed by atoms with E-state index in [4.69, 9.17) is 0 Å². The van der Waals surface area contributed by atoms with Gasteiger partial charge in [0, 0.05) is 28.3 Å². The topological polar surface area (TPSA) is 68.7 Å². The Morgan fingerprint density at radius 1 is 0.475 bits per heavy atom. The number of halogens is 8. The largest absolute Gasteiger partial charge is 0.268 e. The van der Waals surface area contributed by atoms with Crippen molar-refractivity contribution in [2.75, 3.05) is 0 Å². The summed E-state index contributed by atoms with van der Waals surface area (Å²) in [7, 11) is 0. The number of benzene rings is 4. The highest BCUT2D eigenvalue weighted by atomic mass is 19.2. The van der Waals surface area contributed by atoms with Gasteiger partial charge < -0.3 is 0 Å². The van der Waals surface area contributed by atoms with E-state index in [0.29, 0.717) is 20.9 Å². The summed E-state index contributed by atoms with van der Waals surface area (Å²) >= 11 is 0. The molecule has 0 saturated heterocycles. The highest BCUT2D eigenvalue weighted by molar-refractivity contribution is 6.13. The van der Waals surface area contributed by atoms with Crippen molar-refractivity contribution in [3.8, 4) is 0 Å². The number of imidazole rings is 2. The highest BCUT2D eigenvalue weighted by Gasteiger charge is 2.28. The first-order valence-electron chi connectivity index (χ1n) is 11.2. The molecule has 0 unspecified atom stereocenters. The molecule has 0 N–H and O–H groups in total. The van der Waals surface area contributed by atoms with Gasteiger partial charge in [-0.1, -0.05) is 0 Å². The van der Waals surface area contributed by atoms with Crippen LogP contribution in [0.2, 0.25) is 0 Å². The molecule has 0 bridgehead atoms. The van der Waals surface area contributed by atoms with Crippen molar-refractivity contribution >= 4 is 65.7 Å². The second kappa shape index (κ2) is 6.89. The van der Waals surface area contributed by atoms with Crippen molar-refractivity contribution in [2.24, 2.45) is 0 Å². The molecule has 8 rings (SSSR count). The SMILES string of the molecule is O=c1c2c(F)c3cc4c(=O)n5c6cc(F)c(F)c(F)c6nc5c4c(F)c3cc2c2nc3c(F)c(F)c(F)cc3n12. The minimum absolute atomic E-state index is 0.335. The van der Waals surface area contributed by atoms with Crippen LogP contribution in [0.25, 0.3) is 65.7 Å². The molecule has 0 saturated carbocycles. The van der Waals surface area contributed by atoms with E-state index in [-0.39, 0.29) is 5.39 Å². The quantitative estimate of drug-likeness (QED) is 0.184. The summed E-state index contributed by atoms with van der Waals surface area (Å²) in [6.07, 6.45) is 0. The molecule has 0 aliphatic rings. The standard InChI is InChI=1S/C26H4F8N4O2/c27-9-3-11-21(19(33)17(9)31)35-23-7-1-5-6(16(30)14(7)26(40)37(11)23)2-8-13(15(5)29)24-36-22-12(38(24)25(8)39)4-10(28)18(32)20(22)34/h1-4H. The van der Waals surface area contributed by atoms with Gasteiger partial charge >= 0.3 is 0 Å². The number of hydrogen-bond donors (Lipinski definition) is 0. The van der Waals surface area contributed by atoms with E-state index in [9.17, 15) is 35.9 Å². The van der Waals surface area contributed by atoms with Crippen molar-refractivity contribution in [3.63, 3.8) is 0 Å². The Bertz CT molecular complexity index is 2620. The number of hydrogen-bond acceptors (Lipinski definition) is 4. The molecule has 4 aromatic carbocycles. The molecular weight excluding hydrogens is 552 g/mol. The highest BCUT2D eigenvalue weighted by Crippen LogP contribution is 2.37. The minimum Gasteiger partial charge on any atom is -0.268 e. The Kier molecular flexibility index (Phi) is 3.93. The number of aromatic nitrogens is 4. The Morgan fingerprint density at radius 2 is 0.950 bits per heavy atom. The molecule has 0 aliphatic heterocycles. The first-order chi connectivity index (χ1) is 19.0. The first kappa shape index (κ1) is 22.8. The van der Waals surface area contributed by atoms with Gasteiger partial charge in [0.2, 0.25) is 0 Å². The normalized spacial score (nSPS) is 12.7. The second-order valence-corrected chi connectivity index (χ2v) is 9.18. The Morgan fingerprint density at radius 3 is 1.52 bits per heavy atom. The van der Waals surface area contributed by atoms with Crippen molar-refractivity contribution in [3.05, 3.63) is 91.5 Å². The van der Waals surface area contributed by atoms with Gasteiger partial charge in [0.05, 0.1) is 27.2 Å². The molecule has 6 nitrogen and oxygen atoms in total. The predicted octanol–water partition coefficient (Wildman–Crippen LogP) is 5.46. The molecule has 0 amide bonds. The van der Waals surface area contributed by atoms with Crippen molar-refractivity contribution in [2.45, 2.75) is 0 Å². The third-order valence-corrected chi connectivity index (χ3v) is 7.21. The van der Waals surface area contributed by atoms with Crippen LogP contribution in [0.1, 0.15) is 0 Å². The van der Waals surface area contributed by atoms with Crippen molar-refractivity contribution < 1.29 is 35.1 Å². The Balaban J connectivity index is 1.58. The molecule has 14 heteroatoms. The zero-order chi connectivity index (χ0) is 28.1. The van der Waals surface area contributed by atoms with E-state index in [1.54, 1.807) is 0 Å². The zero-order valence-corrected chi connectivity index (χ0v) is 18.9. The van der Waals surface area contributed by atoms with E-state index in [0.717, 1.165) is 12.1 Å². The maximum absolute atomic E-state index is 16.0. The van der Waals surface area contributed by atoms with Crippen LogP contribution in [0.3, 0.4) is 0 Å². The van der Waals surface area contributed by atoms with Crippen molar-refractivity contribution in [1.82, 2.24) is 18.8 Å². The lowest BCUT2D eigenvalue weighted by atomic mass is 10.0. The maximum atomic E-state index is 16.0. The smallest absolute Gasteiger partial charge is 0.267 e. The van der Waals surface area contributed by atoms with Crippen LogP contribution in [-0.4, -0.2) is 18.8 Å². The van der Waals surface area contributed by atoms with Gasteiger partial charge in [-0.15, -0.1) is 0 Å². The second-order valence-electron chi connectivity index (χ2n) is 9.18. The summed E-state index contributed by atoms with van der Waals surface area (Å²) in [4.78, 5) is 33.9. The summed E-state index contributed by atoms with van der Waals surface area (Å²) < 4.78 is 117. The molecule has 4 aromatic heterocycles. The Labute approximate surface area is 211 Å². The van der Waals surface area contributed by atoms with Gasteiger partial charge in [-0.3, -0.25) is 18.4 Å². The number of fused-ring (bicyclic) bond motifs is 11. The maximum Gasteiger partial charge on any atom is 0.267 e. The Hall–Kier alpha value is -5.14. The fraction of sp³-hybridized carbons (Fsp3) is 0. The van der Waals surface area contributed by atoms with E-state index >= 15 is 8.78 Å². The van der Waals surface area contributed by atoms with Gasteiger partial charge in [-0.05, 0) is 12.1 Å². The summed E-state index contributed by atoms with van der Waals surface area (Å²) in [5.41, 5.74) is -5.55. The van der Waals surface area contributed by atoms with E-state index in [1.165, 1.54) is 0 Å². The van der Waals surface area contributed by atoms with Crippen LogP contribution in [0.15, 0.2) is 33.9 Å². The van der Waals surface area contributed by atoms with Crippen LogP contribution in [0.4, 0.5) is 35.1 Å². The average molecular weight is 556 g/mol. The molecule has 4 heterocycles. The van der Waals surface area contributed by atoms with Crippen LogP contribution >= 0.6 is 0 Å². The minimum atomic E-state index is -1.85. The fourth-order valence-corrected chi connectivity index (χ4v) is 5.46. The lowest BCUT2D eigenvalue weighted by Crippen LogP contribution is -2.08. The summed E-state index contributed by atoms with van der Waals surface area (Å²) in [5.74, 6) is -12.9. The average Bonchev–Trinajstić information content (AvgIpc) is 3.62. The number of rotatable bonds is 0. The third kappa shape index (κ3) is 2.36. The van der Waals surface area contributed by atoms with Gasteiger partial charge in [0.1, 0.15) is 28.3 Å². The molecule has 0 radical (unpaired) electrons. The van der Waals surface area contributed by atoms with Crippen molar-refractivity contribution in [1.29, 1.82) is 0 Å². The molecule has 0 atom stereocenters. The first-order valence-corrected chi connectivity index (χ1v) is 11.2. The number of nitrogens with zero attached hydrogens (tertiary/aromatic N) is 4. The van der Waals surface area contributed by atoms with Gasteiger partial charge in [0.15, 0.2) is 40.6 Å². The molecule has 0 spiro atoms. The van der Waals surface area contributed by atoms with E-state index in [1.807, 2.05) is 0 Å². The lowest BCUT2D eigenvalue weighted by molar-refractivity contribution is 0.452. The third-order valence-electron chi connectivity index (χ3n) is 7.21. The van der Waals surface area contributed by atoms with Crippen LogP contribution in [0.5, 0.6) is 0 Å². The molecule has 0 fully saturated rings. The van der Waals surface area contributed by atoms with Gasteiger partial charge in [0.25, 0.3) is 11.1 Å². The lowest BCUT2D eigenvalue weighted by Gasteiger charge is -2.04. The molecule has 0 aliphatic carbocycles. The van der Waals surface area contributed by atoms with Gasteiger partial charge in [-0.2, -0.15) is 0 Å². The monoisotopic (exact) mass is 556 g/mol. The summed E-state index contributed by atoms with van der Waals surface area (Å²) in [6, 6.07) is 2.92. The van der Waals surface area contributed by atoms with Gasteiger partial charge in [-0.25, -0.2) is 45.1 Å². The van der Waals surface area contributed by atoms with E-state index < -0.39 is 118 Å². The fourth-order valence-electron chi connectivity index (χ4n) is 5.46. The predicted molar refractivity (Wildman–Crippen MR) is 126 cm³/mol. The summed E-state index contributed by atoms with van der Waals surface area (Å²) in [5, 5.41) is -3.00. The van der Waals surface area contributed by atoms with Crippen LogP contribution in [0, 0.1) is 46.5 Å². The molecule has 40 heavy (non-hydrogen) atoms. The molecule has 8 aromatic rings. The molecular formula is C26H4F8N4O2. The molecule has 196 valence electrons.